The summed E-state index contributed by atoms with van der Waals surface area (Å²) in [6, 6.07) is 0. The molecule has 1 atom stereocenters. The van der Waals surface area contributed by atoms with E-state index in [2.05, 4.69) is 6.92 Å². The highest BCUT2D eigenvalue weighted by atomic mass is 16.5. The molecule has 0 aliphatic rings. The summed E-state index contributed by atoms with van der Waals surface area (Å²) in [4.78, 5) is 10.2. The third-order valence-electron chi connectivity index (χ3n) is 3.29. The first-order valence-corrected chi connectivity index (χ1v) is 8.06. The maximum absolute atomic E-state index is 10.2. The molecule has 4 N–H and O–H groups in total. The van der Waals surface area contributed by atoms with Crippen LogP contribution in [-0.4, -0.2) is 38.3 Å². The van der Waals surface area contributed by atoms with E-state index in [-0.39, 0.29) is 0 Å². The van der Waals surface area contributed by atoms with Gasteiger partial charge in [-0.2, -0.15) is 0 Å². The Morgan fingerprint density at radius 1 is 0.952 bits per heavy atom. The van der Waals surface area contributed by atoms with E-state index in [9.17, 15) is 4.79 Å². The molecule has 0 saturated carbocycles. The highest BCUT2D eigenvalue weighted by Gasteiger charge is 2.21. The van der Waals surface area contributed by atoms with Gasteiger partial charge in [0, 0.05) is 6.42 Å². The van der Waals surface area contributed by atoms with Crippen molar-refractivity contribution in [1.29, 1.82) is 0 Å². The van der Waals surface area contributed by atoms with Crippen LogP contribution in [0, 0.1) is 0 Å². The Morgan fingerprint density at radius 3 is 1.57 bits per heavy atom. The fraction of sp³-hybridized carbons (Fsp3) is 0.938. The van der Waals surface area contributed by atoms with Crippen LogP contribution in [0.4, 0.5) is 0 Å². The molecule has 0 radical (unpaired) electrons. The van der Waals surface area contributed by atoms with Crippen molar-refractivity contribution >= 4 is 5.97 Å². The van der Waals surface area contributed by atoms with Gasteiger partial charge in [0.2, 0.25) is 0 Å². The zero-order chi connectivity index (χ0) is 16.7. The van der Waals surface area contributed by atoms with Gasteiger partial charge in [0.05, 0.1) is 0 Å². The Bertz CT molecular complexity index is 233. The van der Waals surface area contributed by atoms with Crippen molar-refractivity contribution in [3.05, 3.63) is 0 Å². The monoisotopic (exact) mass is 306 g/mol. The van der Waals surface area contributed by atoms with Crippen LogP contribution in [0.15, 0.2) is 0 Å². The average Bonchev–Trinajstić information content (AvgIpc) is 2.36. The summed E-state index contributed by atoms with van der Waals surface area (Å²) >= 11 is 0. The lowest BCUT2D eigenvalue weighted by Gasteiger charge is -2.17. The maximum atomic E-state index is 10.2. The van der Waals surface area contributed by atoms with Gasteiger partial charge >= 0.3 is 5.97 Å². The normalized spacial score (nSPS) is 12.5. The number of unbranched alkanes of at least 4 members (excludes halogenated alkanes) is 8. The van der Waals surface area contributed by atoms with Crippen molar-refractivity contribution in [3.63, 3.8) is 0 Å². The summed E-state index contributed by atoms with van der Waals surface area (Å²) in [7, 11) is 0. The van der Waals surface area contributed by atoms with Crippen molar-refractivity contribution in [2.75, 3.05) is 0 Å². The van der Waals surface area contributed by atoms with Crippen molar-refractivity contribution in [2.24, 2.45) is 0 Å². The number of hydrogen-bond acceptors (Lipinski definition) is 4. The van der Waals surface area contributed by atoms with Crippen molar-refractivity contribution in [1.82, 2.24) is 0 Å². The molecule has 5 heteroatoms. The van der Waals surface area contributed by atoms with Crippen LogP contribution in [0.3, 0.4) is 0 Å². The summed E-state index contributed by atoms with van der Waals surface area (Å²) in [6.45, 7) is 4.66. The summed E-state index contributed by atoms with van der Waals surface area (Å²) in [5, 5.41) is 33.6. The van der Waals surface area contributed by atoms with Crippen LogP contribution in [-0.2, 0) is 4.79 Å². The lowest BCUT2D eigenvalue weighted by molar-refractivity contribution is -0.205. The van der Waals surface area contributed by atoms with Gasteiger partial charge in [-0.05, 0) is 20.3 Å². The second-order valence-electron chi connectivity index (χ2n) is 5.74. The standard InChI is InChI=1S/C12H24O2.C4H10O3/c1-2-3-4-5-6-7-8-9-10-11-12(13)14;1-3(5)4(2,6)7/h2-11H2,1H3,(H,13,14);3,5-7H,1-2H3. The minimum atomic E-state index is -1.94. The molecule has 0 aromatic heterocycles. The maximum Gasteiger partial charge on any atom is 0.303 e. The molecule has 0 aliphatic heterocycles. The molecular formula is C16H34O5. The van der Waals surface area contributed by atoms with E-state index in [0.29, 0.717) is 6.42 Å². The van der Waals surface area contributed by atoms with Crippen LogP contribution < -0.4 is 0 Å². The van der Waals surface area contributed by atoms with Gasteiger partial charge in [0.1, 0.15) is 6.10 Å². The molecule has 0 bridgehead atoms. The second-order valence-corrected chi connectivity index (χ2v) is 5.74. The molecule has 0 aliphatic carbocycles. The van der Waals surface area contributed by atoms with Gasteiger partial charge in [-0.15, -0.1) is 0 Å². The van der Waals surface area contributed by atoms with Crippen LogP contribution >= 0.6 is 0 Å². The van der Waals surface area contributed by atoms with Crippen molar-refractivity contribution < 1.29 is 25.2 Å². The molecule has 0 rings (SSSR count). The van der Waals surface area contributed by atoms with E-state index >= 15 is 0 Å². The highest BCUT2D eigenvalue weighted by molar-refractivity contribution is 5.66. The van der Waals surface area contributed by atoms with Gasteiger partial charge in [0.15, 0.2) is 5.79 Å². The van der Waals surface area contributed by atoms with E-state index in [1.54, 1.807) is 0 Å². The van der Waals surface area contributed by atoms with Crippen molar-refractivity contribution in [3.8, 4) is 0 Å². The first-order chi connectivity index (χ1) is 9.71. The Balaban J connectivity index is 0. The molecule has 0 aromatic carbocycles. The van der Waals surface area contributed by atoms with Crippen LogP contribution in [0.1, 0.15) is 85.0 Å². The summed E-state index contributed by atoms with van der Waals surface area (Å²) in [5.74, 6) is -2.60. The predicted molar refractivity (Wildman–Crippen MR) is 84.0 cm³/mol. The molecule has 1 unspecified atom stereocenters. The number of carboxylic acids is 1. The van der Waals surface area contributed by atoms with Crippen LogP contribution in [0.5, 0.6) is 0 Å². The van der Waals surface area contributed by atoms with Crippen LogP contribution in [0.2, 0.25) is 0 Å². The lowest BCUT2D eigenvalue weighted by atomic mass is 10.1. The first-order valence-electron chi connectivity index (χ1n) is 8.06. The van der Waals surface area contributed by atoms with Gasteiger partial charge in [0.25, 0.3) is 0 Å². The van der Waals surface area contributed by atoms with E-state index < -0.39 is 17.9 Å². The third kappa shape index (κ3) is 21.8. The first kappa shape index (κ1) is 22.6. The quantitative estimate of drug-likeness (QED) is 0.347. The molecule has 5 nitrogen and oxygen atoms in total. The molecular weight excluding hydrogens is 272 g/mol. The molecule has 0 heterocycles. The number of aliphatic hydroxyl groups excluding tert-OH is 1. The van der Waals surface area contributed by atoms with Crippen LogP contribution in [0.25, 0.3) is 0 Å². The average molecular weight is 306 g/mol. The number of hydrogen-bond donors (Lipinski definition) is 4. The van der Waals surface area contributed by atoms with E-state index in [1.165, 1.54) is 51.9 Å². The molecule has 21 heavy (non-hydrogen) atoms. The topological polar surface area (TPSA) is 98.0 Å². The van der Waals surface area contributed by atoms with Gasteiger partial charge in [-0.3, -0.25) is 4.79 Å². The SMILES string of the molecule is CC(O)C(C)(O)O.CCCCCCCCCCCC(=O)O. The zero-order valence-corrected chi connectivity index (χ0v) is 13.8. The Morgan fingerprint density at radius 2 is 1.29 bits per heavy atom. The molecule has 0 fully saturated rings. The summed E-state index contributed by atoms with van der Waals surface area (Å²) in [6.07, 6.45) is 10.4. The number of rotatable bonds is 11. The second kappa shape index (κ2) is 14.3. The highest BCUT2D eigenvalue weighted by Crippen LogP contribution is 2.10. The Kier molecular flexibility index (Phi) is 15.4. The van der Waals surface area contributed by atoms with Crippen molar-refractivity contribution in [2.45, 2.75) is 96.9 Å². The molecule has 128 valence electrons. The molecule has 0 saturated heterocycles. The minimum absolute atomic E-state index is 0.343. The summed E-state index contributed by atoms with van der Waals surface area (Å²) in [5.41, 5.74) is 0. The smallest absolute Gasteiger partial charge is 0.303 e. The third-order valence-corrected chi connectivity index (χ3v) is 3.29. The molecule has 0 amide bonds. The lowest BCUT2D eigenvalue weighted by Crippen LogP contribution is -2.36. The molecule has 0 spiro atoms. The Hall–Kier alpha value is -0.650. The molecule has 0 aromatic rings. The van der Waals surface area contributed by atoms with E-state index in [0.717, 1.165) is 19.8 Å². The Labute approximate surface area is 129 Å². The minimum Gasteiger partial charge on any atom is -0.481 e. The number of carboxylic acid groups (broad SMARTS) is 1. The van der Waals surface area contributed by atoms with E-state index in [1.807, 2.05) is 0 Å². The van der Waals surface area contributed by atoms with Gasteiger partial charge < -0.3 is 20.4 Å². The number of carbonyl (C=O) groups is 1. The predicted octanol–water partition coefficient (Wildman–Crippen LogP) is 3.06. The largest absolute Gasteiger partial charge is 0.481 e. The summed E-state index contributed by atoms with van der Waals surface area (Å²) < 4.78 is 0. The van der Waals surface area contributed by atoms with Gasteiger partial charge in [-0.1, -0.05) is 58.3 Å². The number of aliphatic hydroxyl groups is 3. The van der Waals surface area contributed by atoms with E-state index in [4.69, 9.17) is 20.4 Å². The fourth-order valence-electron chi connectivity index (χ4n) is 1.59. The van der Waals surface area contributed by atoms with Gasteiger partial charge in [-0.25, -0.2) is 0 Å². The fourth-order valence-corrected chi connectivity index (χ4v) is 1.59. The zero-order valence-electron chi connectivity index (χ0n) is 13.8. The number of aliphatic carboxylic acids is 1.